The molecule has 0 unspecified atom stereocenters. The SMILES string of the molecule is CCCCCC(C)=C(CCON)C(=O)O. The van der Waals surface area contributed by atoms with Crippen molar-refractivity contribution in [2.45, 2.75) is 46.0 Å². The van der Waals surface area contributed by atoms with Crippen molar-refractivity contribution in [3.63, 3.8) is 0 Å². The summed E-state index contributed by atoms with van der Waals surface area (Å²) in [5, 5.41) is 8.97. The molecule has 0 atom stereocenters. The first kappa shape index (κ1) is 14.1. The molecule has 0 spiro atoms. The Labute approximate surface area is 91.1 Å². The van der Waals surface area contributed by atoms with Gasteiger partial charge in [0.1, 0.15) is 0 Å². The van der Waals surface area contributed by atoms with Gasteiger partial charge in [-0.05, 0) is 19.8 Å². The number of rotatable bonds is 8. The van der Waals surface area contributed by atoms with Gasteiger partial charge in [-0.1, -0.05) is 25.3 Å². The van der Waals surface area contributed by atoms with E-state index in [1.807, 2.05) is 6.92 Å². The fraction of sp³-hybridized carbons (Fsp3) is 0.727. The Morgan fingerprint density at radius 2 is 2.00 bits per heavy atom. The third-order valence-electron chi connectivity index (χ3n) is 2.40. The number of allylic oxidation sites excluding steroid dienone is 1. The van der Waals surface area contributed by atoms with Crippen LogP contribution in [0.2, 0.25) is 0 Å². The molecule has 0 bridgehead atoms. The van der Waals surface area contributed by atoms with E-state index >= 15 is 0 Å². The van der Waals surface area contributed by atoms with Crippen LogP contribution in [0.3, 0.4) is 0 Å². The summed E-state index contributed by atoms with van der Waals surface area (Å²) in [6, 6.07) is 0. The summed E-state index contributed by atoms with van der Waals surface area (Å²) < 4.78 is 0. The number of carboxylic acids is 1. The van der Waals surface area contributed by atoms with E-state index in [2.05, 4.69) is 11.8 Å². The van der Waals surface area contributed by atoms with Crippen molar-refractivity contribution in [3.8, 4) is 0 Å². The van der Waals surface area contributed by atoms with Crippen LogP contribution in [0.4, 0.5) is 0 Å². The van der Waals surface area contributed by atoms with Gasteiger partial charge in [0.2, 0.25) is 0 Å². The van der Waals surface area contributed by atoms with Gasteiger partial charge in [-0.15, -0.1) is 0 Å². The Bertz CT molecular complexity index is 224. The molecule has 0 saturated heterocycles. The maximum Gasteiger partial charge on any atom is 0.331 e. The molecule has 15 heavy (non-hydrogen) atoms. The van der Waals surface area contributed by atoms with Crippen molar-refractivity contribution in [1.29, 1.82) is 0 Å². The summed E-state index contributed by atoms with van der Waals surface area (Å²) in [4.78, 5) is 15.3. The van der Waals surface area contributed by atoms with E-state index in [1.54, 1.807) is 0 Å². The molecule has 0 aliphatic carbocycles. The fourth-order valence-electron chi connectivity index (χ4n) is 1.45. The van der Waals surface area contributed by atoms with Gasteiger partial charge in [0, 0.05) is 12.0 Å². The Balaban J connectivity index is 4.26. The van der Waals surface area contributed by atoms with Crippen LogP contribution >= 0.6 is 0 Å². The van der Waals surface area contributed by atoms with Crippen LogP contribution < -0.4 is 5.90 Å². The molecule has 4 heteroatoms. The second-order valence-electron chi connectivity index (χ2n) is 3.64. The number of carboxylic acid groups (broad SMARTS) is 1. The first-order chi connectivity index (χ1) is 7.13. The normalized spacial score (nSPS) is 12.5. The van der Waals surface area contributed by atoms with Crippen molar-refractivity contribution < 1.29 is 14.7 Å². The molecule has 0 fully saturated rings. The van der Waals surface area contributed by atoms with Crippen LogP contribution in [0.15, 0.2) is 11.1 Å². The van der Waals surface area contributed by atoms with Crippen molar-refractivity contribution in [2.24, 2.45) is 5.90 Å². The predicted molar refractivity (Wildman–Crippen MR) is 59.2 cm³/mol. The van der Waals surface area contributed by atoms with Gasteiger partial charge >= 0.3 is 5.97 Å². The van der Waals surface area contributed by atoms with E-state index in [0.29, 0.717) is 12.0 Å². The smallest absolute Gasteiger partial charge is 0.331 e. The second-order valence-corrected chi connectivity index (χ2v) is 3.64. The number of aliphatic carboxylic acids is 1. The summed E-state index contributed by atoms with van der Waals surface area (Å²) in [7, 11) is 0. The molecule has 3 N–H and O–H groups in total. The van der Waals surface area contributed by atoms with Gasteiger partial charge in [-0.25, -0.2) is 10.7 Å². The zero-order valence-corrected chi connectivity index (χ0v) is 9.58. The van der Waals surface area contributed by atoms with Crippen LogP contribution in [-0.4, -0.2) is 17.7 Å². The first-order valence-electron chi connectivity index (χ1n) is 5.37. The Morgan fingerprint density at radius 1 is 1.33 bits per heavy atom. The topological polar surface area (TPSA) is 72.5 Å². The highest BCUT2D eigenvalue weighted by atomic mass is 16.6. The average Bonchev–Trinajstić information content (AvgIpc) is 2.18. The molecule has 4 nitrogen and oxygen atoms in total. The standard InChI is InChI=1S/C11H21NO3/c1-3-4-5-6-9(2)10(11(13)14)7-8-15-12/h3-8,12H2,1-2H3,(H,13,14). The number of unbranched alkanes of at least 4 members (excludes halogenated alkanes) is 2. The molecule has 0 aromatic rings. The van der Waals surface area contributed by atoms with Crippen LogP contribution in [0.1, 0.15) is 46.0 Å². The number of nitrogens with two attached hydrogens (primary N) is 1. The highest BCUT2D eigenvalue weighted by Crippen LogP contribution is 2.16. The summed E-state index contributed by atoms with van der Waals surface area (Å²) in [5.41, 5.74) is 1.38. The molecule has 88 valence electrons. The second kappa shape index (κ2) is 8.44. The van der Waals surface area contributed by atoms with E-state index in [4.69, 9.17) is 11.0 Å². The lowest BCUT2D eigenvalue weighted by Gasteiger charge is -2.07. The predicted octanol–water partition coefficient (Wildman–Crippen LogP) is 2.25. The Hall–Kier alpha value is -0.870. The van der Waals surface area contributed by atoms with E-state index in [1.165, 1.54) is 0 Å². The van der Waals surface area contributed by atoms with Crippen molar-refractivity contribution in [1.82, 2.24) is 0 Å². The lowest BCUT2D eigenvalue weighted by atomic mass is 10.0. The molecular formula is C11H21NO3. The monoisotopic (exact) mass is 215 g/mol. The van der Waals surface area contributed by atoms with Crippen LogP contribution in [0.25, 0.3) is 0 Å². The lowest BCUT2D eigenvalue weighted by molar-refractivity contribution is -0.133. The summed E-state index contributed by atoms with van der Waals surface area (Å²) in [6.45, 7) is 4.25. The number of hydrogen-bond acceptors (Lipinski definition) is 3. The molecule has 0 rings (SSSR count). The summed E-state index contributed by atoms with van der Waals surface area (Å²) in [6.07, 6.45) is 4.55. The minimum absolute atomic E-state index is 0.257. The lowest BCUT2D eigenvalue weighted by Crippen LogP contribution is -2.09. The maximum atomic E-state index is 10.9. The van der Waals surface area contributed by atoms with Gasteiger partial charge in [0.15, 0.2) is 0 Å². The Kier molecular flexibility index (Phi) is 7.95. The zero-order chi connectivity index (χ0) is 11.7. The highest BCUT2D eigenvalue weighted by Gasteiger charge is 2.10. The summed E-state index contributed by atoms with van der Waals surface area (Å²) >= 11 is 0. The Morgan fingerprint density at radius 3 is 2.47 bits per heavy atom. The molecule has 0 saturated carbocycles. The van der Waals surface area contributed by atoms with Crippen LogP contribution in [0.5, 0.6) is 0 Å². The van der Waals surface area contributed by atoms with E-state index in [-0.39, 0.29) is 6.61 Å². The zero-order valence-electron chi connectivity index (χ0n) is 9.58. The van der Waals surface area contributed by atoms with Crippen molar-refractivity contribution in [3.05, 3.63) is 11.1 Å². The minimum atomic E-state index is -0.860. The molecule has 0 aromatic heterocycles. The largest absolute Gasteiger partial charge is 0.478 e. The van der Waals surface area contributed by atoms with Crippen LogP contribution in [0, 0.1) is 0 Å². The van der Waals surface area contributed by atoms with Gasteiger partial charge in [0.05, 0.1) is 6.61 Å². The molecule has 0 amide bonds. The maximum absolute atomic E-state index is 10.9. The van der Waals surface area contributed by atoms with Crippen LogP contribution in [-0.2, 0) is 9.63 Å². The molecule has 0 aromatic carbocycles. The third kappa shape index (κ3) is 6.25. The van der Waals surface area contributed by atoms with Crippen molar-refractivity contribution >= 4 is 5.97 Å². The highest BCUT2D eigenvalue weighted by molar-refractivity contribution is 5.87. The van der Waals surface area contributed by atoms with Gasteiger partial charge in [-0.2, -0.15) is 0 Å². The third-order valence-corrected chi connectivity index (χ3v) is 2.40. The molecule has 0 aliphatic rings. The van der Waals surface area contributed by atoms with E-state index < -0.39 is 5.97 Å². The molecule has 0 heterocycles. The number of carbonyl (C=O) groups is 1. The first-order valence-corrected chi connectivity index (χ1v) is 5.37. The molecule has 0 aliphatic heterocycles. The quantitative estimate of drug-likeness (QED) is 0.370. The van der Waals surface area contributed by atoms with E-state index in [9.17, 15) is 4.79 Å². The van der Waals surface area contributed by atoms with Gasteiger partial charge in [0.25, 0.3) is 0 Å². The van der Waals surface area contributed by atoms with E-state index in [0.717, 1.165) is 31.3 Å². The number of hydrogen-bond donors (Lipinski definition) is 2. The minimum Gasteiger partial charge on any atom is -0.478 e. The molecule has 0 radical (unpaired) electrons. The van der Waals surface area contributed by atoms with Gasteiger partial charge in [-0.3, -0.25) is 0 Å². The molecular weight excluding hydrogens is 194 g/mol. The van der Waals surface area contributed by atoms with Crippen molar-refractivity contribution in [2.75, 3.05) is 6.61 Å². The fourth-order valence-corrected chi connectivity index (χ4v) is 1.45. The average molecular weight is 215 g/mol. The summed E-state index contributed by atoms with van der Waals surface area (Å²) in [5.74, 6) is 4.02. The van der Waals surface area contributed by atoms with Gasteiger partial charge < -0.3 is 9.94 Å².